The number of ether oxygens (including phenoxy) is 1. The maximum Gasteiger partial charge on any atom is 0.119 e. The monoisotopic (exact) mass is 306 g/mol. The van der Waals surface area contributed by atoms with Crippen LogP contribution in [0, 0.1) is 0 Å². The molecule has 18 heavy (non-hydrogen) atoms. The van der Waals surface area contributed by atoms with Crippen molar-refractivity contribution in [2.24, 2.45) is 0 Å². The van der Waals surface area contributed by atoms with Crippen LogP contribution in [0.3, 0.4) is 0 Å². The number of hydrogen-bond acceptors (Lipinski definition) is 3. The van der Waals surface area contributed by atoms with Gasteiger partial charge in [0.05, 0.1) is 18.5 Å². The lowest BCUT2D eigenvalue weighted by Gasteiger charge is -2.08. The van der Waals surface area contributed by atoms with Crippen LogP contribution in [0.15, 0.2) is 47.2 Å². The van der Waals surface area contributed by atoms with Gasteiger partial charge >= 0.3 is 0 Å². The summed E-state index contributed by atoms with van der Waals surface area (Å²) in [6.45, 7) is 2.85. The normalized spacial score (nSPS) is 10.1. The van der Waals surface area contributed by atoms with E-state index in [9.17, 15) is 0 Å². The molecule has 0 bridgehead atoms. The van der Waals surface area contributed by atoms with Crippen molar-refractivity contribution in [3.05, 3.63) is 47.2 Å². The molecule has 0 saturated carbocycles. The minimum Gasteiger partial charge on any atom is -0.494 e. The maximum atomic E-state index is 5.53. The third-order valence-electron chi connectivity index (χ3n) is 2.32. The van der Waals surface area contributed by atoms with Gasteiger partial charge in [0.2, 0.25) is 0 Å². The van der Waals surface area contributed by atoms with Gasteiger partial charge in [-0.3, -0.25) is 4.98 Å². The van der Waals surface area contributed by atoms with E-state index in [0.717, 1.165) is 34.6 Å². The van der Waals surface area contributed by atoms with Gasteiger partial charge in [0.25, 0.3) is 0 Å². The van der Waals surface area contributed by atoms with Gasteiger partial charge in [0.15, 0.2) is 0 Å². The van der Waals surface area contributed by atoms with Crippen LogP contribution in [0.25, 0.3) is 0 Å². The zero-order chi connectivity index (χ0) is 12.8. The van der Waals surface area contributed by atoms with E-state index in [4.69, 9.17) is 4.74 Å². The summed E-state index contributed by atoms with van der Waals surface area (Å²) in [6, 6.07) is 9.89. The van der Waals surface area contributed by atoms with Crippen LogP contribution >= 0.6 is 15.9 Å². The second-order valence-corrected chi connectivity index (χ2v) is 4.81. The largest absolute Gasteiger partial charge is 0.494 e. The van der Waals surface area contributed by atoms with Crippen molar-refractivity contribution in [3.63, 3.8) is 0 Å². The van der Waals surface area contributed by atoms with E-state index in [0.29, 0.717) is 0 Å². The van der Waals surface area contributed by atoms with Crippen molar-refractivity contribution >= 4 is 27.3 Å². The molecule has 2 aromatic rings. The Morgan fingerprint density at radius 2 is 1.94 bits per heavy atom. The predicted molar refractivity (Wildman–Crippen MR) is 77.4 cm³/mol. The fourth-order valence-corrected chi connectivity index (χ4v) is 1.87. The van der Waals surface area contributed by atoms with Crippen molar-refractivity contribution in [1.29, 1.82) is 0 Å². The molecule has 1 aromatic carbocycles. The number of benzene rings is 1. The van der Waals surface area contributed by atoms with Gasteiger partial charge in [0.1, 0.15) is 5.75 Å². The number of pyridine rings is 1. The van der Waals surface area contributed by atoms with Crippen LogP contribution in [-0.2, 0) is 0 Å². The average molecular weight is 307 g/mol. The lowest BCUT2D eigenvalue weighted by atomic mass is 10.3. The van der Waals surface area contributed by atoms with Crippen LogP contribution in [0.5, 0.6) is 5.75 Å². The Morgan fingerprint density at radius 1 is 1.17 bits per heavy atom. The number of halogens is 1. The highest BCUT2D eigenvalue weighted by Crippen LogP contribution is 2.21. The van der Waals surface area contributed by atoms with E-state index in [2.05, 4.69) is 33.2 Å². The quantitative estimate of drug-likeness (QED) is 0.890. The molecular formula is C14H15BrN2O. The Bertz CT molecular complexity index is 499. The predicted octanol–water partition coefficient (Wildman–Crippen LogP) is 4.38. The van der Waals surface area contributed by atoms with Gasteiger partial charge in [-0.1, -0.05) is 6.92 Å². The zero-order valence-corrected chi connectivity index (χ0v) is 11.8. The van der Waals surface area contributed by atoms with Crippen molar-refractivity contribution in [2.75, 3.05) is 11.9 Å². The van der Waals surface area contributed by atoms with Gasteiger partial charge in [-0.15, -0.1) is 0 Å². The van der Waals surface area contributed by atoms with Gasteiger partial charge < -0.3 is 10.1 Å². The van der Waals surface area contributed by atoms with Crippen molar-refractivity contribution in [2.45, 2.75) is 13.3 Å². The lowest BCUT2D eigenvalue weighted by molar-refractivity contribution is 0.317. The summed E-state index contributed by atoms with van der Waals surface area (Å²) in [5, 5.41) is 3.28. The zero-order valence-electron chi connectivity index (χ0n) is 10.2. The summed E-state index contributed by atoms with van der Waals surface area (Å²) in [4.78, 5) is 4.10. The number of rotatable bonds is 5. The van der Waals surface area contributed by atoms with Gasteiger partial charge in [-0.2, -0.15) is 0 Å². The van der Waals surface area contributed by atoms with Crippen LogP contribution < -0.4 is 10.1 Å². The molecule has 0 aliphatic rings. The fraction of sp³-hybridized carbons (Fsp3) is 0.214. The molecule has 2 rings (SSSR count). The maximum absolute atomic E-state index is 5.53. The van der Waals surface area contributed by atoms with Gasteiger partial charge in [0, 0.05) is 16.4 Å². The Hall–Kier alpha value is -1.55. The van der Waals surface area contributed by atoms with Crippen LogP contribution in [0.2, 0.25) is 0 Å². The van der Waals surface area contributed by atoms with Gasteiger partial charge in [-0.25, -0.2) is 0 Å². The van der Waals surface area contributed by atoms with E-state index < -0.39 is 0 Å². The molecule has 0 saturated heterocycles. The van der Waals surface area contributed by atoms with Crippen molar-refractivity contribution in [1.82, 2.24) is 4.98 Å². The molecule has 0 aliphatic heterocycles. The van der Waals surface area contributed by atoms with E-state index in [1.165, 1.54) is 0 Å². The number of nitrogens with zero attached hydrogens (tertiary/aromatic N) is 1. The van der Waals surface area contributed by atoms with Crippen molar-refractivity contribution in [3.8, 4) is 5.75 Å². The highest BCUT2D eigenvalue weighted by molar-refractivity contribution is 9.10. The second kappa shape index (κ2) is 6.40. The molecule has 0 spiro atoms. The Kier molecular flexibility index (Phi) is 4.59. The molecule has 0 radical (unpaired) electrons. The Labute approximate surface area is 115 Å². The lowest BCUT2D eigenvalue weighted by Crippen LogP contribution is -1.95. The third kappa shape index (κ3) is 3.74. The van der Waals surface area contributed by atoms with E-state index in [1.807, 2.05) is 30.3 Å². The molecular weight excluding hydrogens is 292 g/mol. The fourth-order valence-electron chi connectivity index (χ4n) is 1.50. The van der Waals surface area contributed by atoms with E-state index >= 15 is 0 Å². The molecule has 3 nitrogen and oxygen atoms in total. The number of hydrogen-bond donors (Lipinski definition) is 1. The van der Waals surface area contributed by atoms with Crippen molar-refractivity contribution < 1.29 is 4.74 Å². The minimum absolute atomic E-state index is 0.752. The molecule has 1 N–H and O–H groups in total. The number of anilines is 2. The Balaban J connectivity index is 2.02. The molecule has 1 aromatic heterocycles. The number of nitrogens with one attached hydrogen (secondary N) is 1. The highest BCUT2D eigenvalue weighted by Gasteiger charge is 1.97. The summed E-state index contributed by atoms with van der Waals surface area (Å²) < 4.78 is 6.49. The topological polar surface area (TPSA) is 34.1 Å². The molecule has 0 aliphatic carbocycles. The first-order valence-corrected chi connectivity index (χ1v) is 6.67. The first-order chi connectivity index (χ1) is 8.78. The first-order valence-electron chi connectivity index (χ1n) is 5.88. The summed E-state index contributed by atoms with van der Waals surface area (Å²) >= 11 is 3.39. The van der Waals surface area contributed by atoms with E-state index in [1.54, 1.807) is 12.4 Å². The third-order valence-corrected chi connectivity index (χ3v) is 2.75. The molecule has 0 fully saturated rings. The second-order valence-electron chi connectivity index (χ2n) is 3.89. The molecule has 0 unspecified atom stereocenters. The summed E-state index contributed by atoms with van der Waals surface area (Å²) in [5.74, 6) is 0.898. The molecule has 1 heterocycles. The SMILES string of the molecule is CCCOc1ccc(Nc2cncc(Br)c2)cc1. The van der Waals surface area contributed by atoms with Crippen LogP contribution in [-0.4, -0.2) is 11.6 Å². The molecule has 0 atom stereocenters. The molecule has 0 amide bonds. The molecule has 4 heteroatoms. The Morgan fingerprint density at radius 3 is 2.61 bits per heavy atom. The summed E-state index contributed by atoms with van der Waals surface area (Å²) in [5.41, 5.74) is 1.96. The van der Waals surface area contributed by atoms with Crippen LogP contribution in [0.1, 0.15) is 13.3 Å². The average Bonchev–Trinajstić information content (AvgIpc) is 2.38. The summed E-state index contributed by atoms with van der Waals surface area (Å²) in [7, 11) is 0. The number of aromatic nitrogens is 1. The smallest absolute Gasteiger partial charge is 0.119 e. The first kappa shape index (κ1) is 12.9. The summed E-state index contributed by atoms with van der Waals surface area (Å²) in [6.07, 6.45) is 4.56. The standard InChI is InChI=1S/C14H15BrN2O/c1-2-7-18-14-5-3-12(4-6-14)17-13-8-11(15)9-16-10-13/h3-6,8-10,17H,2,7H2,1H3. The highest BCUT2D eigenvalue weighted by atomic mass is 79.9. The van der Waals surface area contributed by atoms with Gasteiger partial charge in [-0.05, 0) is 52.7 Å². The minimum atomic E-state index is 0.752. The van der Waals surface area contributed by atoms with E-state index in [-0.39, 0.29) is 0 Å². The molecule has 94 valence electrons. The van der Waals surface area contributed by atoms with Crippen LogP contribution in [0.4, 0.5) is 11.4 Å².